The van der Waals surface area contributed by atoms with E-state index in [9.17, 15) is 4.79 Å². The van der Waals surface area contributed by atoms with Crippen LogP contribution in [0.15, 0.2) is 12.4 Å². The number of hydrogen-bond acceptors (Lipinski definition) is 4. The molecular formula is C17H26N4O2. The van der Waals surface area contributed by atoms with Crippen molar-refractivity contribution in [3.05, 3.63) is 12.4 Å². The van der Waals surface area contributed by atoms with Crippen molar-refractivity contribution in [2.45, 2.75) is 25.7 Å². The van der Waals surface area contributed by atoms with Crippen LogP contribution in [0.1, 0.15) is 25.7 Å². The highest BCUT2D eigenvalue weighted by atomic mass is 16.5. The zero-order chi connectivity index (χ0) is 15.9. The lowest BCUT2D eigenvalue weighted by molar-refractivity contribution is -0.125. The molecule has 3 aliphatic heterocycles. The van der Waals surface area contributed by atoms with E-state index in [0.29, 0.717) is 5.91 Å². The number of hydrogen-bond donors (Lipinski definition) is 0. The second-order valence-electron chi connectivity index (χ2n) is 7.40. The van der Waals surface area contributed by atoms with Gasteiger partial charge < -0.3 is 14.5 Å². The summed E-state index contributed by atoms with van der Waals surface area (Å²) in [6.45, 7) is 5.75. The van der Waals surface area contributed by atoms with Gasteiger partial charge >= 0.3 is 0 Å². The number of carbonyl (C=O) groups excluding carboxylic acids is 1. The number of nitrogens with zero attached hydrogens (tertiary/aromatic N) is 4. The number of rotatable bonds is 3. The maximum Gasteiger partial charge on any atom is 0.234 e. The Hall–Kier alpha value is -1.40. The molecule has 0 N–H and O–H groups in total. The van der Waals surface area contributed by atoms with Crippen LogP contribution in [0.4, 0.5) is 5.69 Å². The monoisotopic (exact) mass is 318 g/mol. The van der Waals surface area contributed by atoms with Crippen LogP contribution in [-0.4, -0.2) is 60.0 Å². The van der Waals surface area contributed by atoms with Crippen molar-refractivity contribution in [1.82, 2.24) is 14.7 Å². The van der Waals surface area contributed by atoms with Crippen molar-refractivity contribution >= 4 is 11.6 Å². The van der Waals surface area contributed by atoms with Crippen LogP contribution in [0, 0.1) is 11.3 Å². The second-order valence-corrected chi connectivity index (χ2v) is 7.40. The maximum atomic E-state index is 13.0. The van der Waals surface area contributed by atoms with E-state index in [4.69, 9.17) is 4.74 Å². The third-order valence-corrected chi connectivity index (χ3v) is 5.81. The lowest BCUT2D eigenvalue weighted by Gasteiger charge is -2.28. The molecule has 3 saturated heterocycles. The number of ether oxygens (including phenoxy) is 1. The van der Waals surface area contributed by atoms with Crippen LogP contribution in [0.5, 0.6) is 0 Å². The van der Waals surface area contributed by atoms with Crippen molar-refractivity contribution in [1.29, 1.82) is 0 Å². The van der Waals surface area contributed by atoms with Gasteiger partial charge in [-0.05, 0) is 38.1 Å². The normalized spacial score (nSPS) is 30.0. The first-order valence-electron chi connectivity index (χ1n) is 8.77. The van der Waals surface area contributed by atoms with Gasteiger partial charge in [0.1, 0.15) is 0 Å². The van der Waals surface area contributed by atoms with E-state index in [1.165, 1.54) is 12.8 Å². The third-order valence-electron chi connectivity index (χ3n) is 5.81. The summed E-state index contributed by atoms with van der Waals surface area (Å²) in [7, 11) is 1.89. The van der Waals surface area contributed by atoms with Gasteiger partial charge in [0.05, 0.1) is 17.3 Å². The first-order chi connectivity index (χ1) is 11.2. The van der Waals surface area contributed by atoms with Crippen molar-refractivity contribution in [3.8, 4) is 0 Å². The molecule has 4 heterocycles. The van der Waals surface area contributed by atoms with E-state index in [1.54, 1.807) is 10.9 Å². The molecule has 1 spiro atoms. The Kier molecular flexibility index (Phi) is 3.89. The molecule has 6 heteroatoms. The molecule has 3 fully saturated rings. The number of carbonyl (C=O) groups is 1. The lowest BCUT2D eigenvalue weighted by Crippen LogP contribution is -2.38. The molecule has 126 valence electrons. The quantitative estimate of drug-likeness (QED) is 0.842. The number of amides is 1. The summed E-state index contributed by atoms with van der Waals surface area (Å²) in [4.78, 5) is 17.5. The van der Waals surface area contributed by atoms with Gasteiger partial charge in [-0.25, -0.2) is 0 Å². The molecule has 3 aliphatic rings. The van der Waals surface area contributed by atoms with Crippen LogP contribution in [0.3, 0.4) is 0 Å². The molecule has 0 unspecified atom stereocenters. The number of likely N-dealkylation sites (tertiary alicyclic amines) is 1. The highest BCUT2D eigenvalue weighted by Gasteiger charge is 2.51. The Morgan fingerprint density at radius 2 is 2.09 bits per heavy atom. The topological polar surface area (TPSA) is 50.6 Å². The number of aromatic nitrogens is 2. The van der Waals surface area contributed by atoms with E-state index >= 15 is 0 Å². The highest BCUT2D eigenvalue weighted by molar-refractivity contribution is 6.00. The first-order valence-corrected chi connectivity index (χ1v) is 8.77. The summed E-state index contributed by atoms with van der Waals surface area (Å²) in [5.41, 5.74) is 0.790. The van der Waals surface area contributed by atoms with Crippen molar-refractivity contribution in [3.63, 3.8) is 0 Å². The fourth-order valence-electron chi connectivity index (χ4n) is 4.40. The minimum Gasteiger partial charge on any atom is -0.381 e. The van der Waals surface area contributed by atoms with E-state index < -0.39 is 0 Å². The second kappa shape index (κ2) is 5.91. The molecule has 1 aromatic rings. The van der Waals surface area contributed by atoms with Crippen LogP contribution >= 0.6 is 0 Å². The fraction of sp³-hybridized carbons (Fsp3) is 0.765. The smallest absolute Gasteiger partial charge is 0.234 e. The zero-order valence-electron chi connectivity index (χ0n) is 13.9. The van der Waals surface area contributed by atoms with Gasteiger partial charge in [0.15, 0.2) is 0 Å². The SMILES string of the molecule is Cn1cc(N2CC[C@@]3(CCN(CC4CCOCC4)C3)C2=O)cn1. The summed E-state index contributed by atoms with van der Waals surface area (Å²) in [5.74, 6) is 1.05. The molecule has 1 amide bonds. The molecule has 0 bridgehead atoms. The third kappa shape index (κ3) is 2.78. The summed E-state index contributed by atoms with van der Waals surface area (Å²) in [5, 5.41) is 4.20. The molecule has 0 radical (unpaired) electrons. The molecule has 1 aromatic heterocycles. The van der Waals surface area contributed by atoms with Gasteiger partial charge in [-0.15, -0.1) is 0 Å². The molecule has 6 nitrogen and oxygen atoms in total. The van der Waals surface area contributed by atoms with E-state index in [1.807, 2.05) is 18.1 Å². The van der Waals surface area contributed by atoms with Gasteiger partial charge in [0.25, 0.3) is 0 Å². The molecular weight excluding hydrogens is 292 g/mol. The minimum absolute atomic E-state index is 0.152. The van der Waals surface area contributed by atoms with Crippen molar-refractivity contribution < 1.29 is 9.53 Å². The summed E-state index contributed by atoms with van der Waals surface area (Å²) in [6, 6.07) is 0. The molecule has 23 heavy (non-hydrogen) atoms. The lowest BCUT2D eigenvalue weighted by atomic mass is 9.85. The largest absolute Gasteiger partial charge is 0.381 e. The number of anilines is 1. The summed E-state index contributed by atoms with van der Waals surface area (Å²) in [6.07, 6.45) is 8.05. The Morgan fingerprint density at radius 3 is 2.83 bits per heavy atom. The van der Waals surface area contributed by atoms with Crippen LogP contribution in [0.25, 0.3) is 0 Å². The van der Waals surface area contributed by atoms with Crippen LogP contribution in [-0.2, 0) is 16.6 Å². The zero-order valence-corrected chi connectivity index (χ0v) is 13.9. The minimum atomic E-state index is -0.152. The standard InChI is InChI=1S/C17H26N4O2/c1-19-12-15(10-18-19)21-7-5-17(16(21)22)4-6-20(13-17)11-14-2-8-23-9-3-14/h10,12,14H,2-9,11,13H2,1H3/t17-/m1/s1. The van der Waals surface area contributed by atoms with Gasteiger partial charge in [-0.3, -0.25) is 9.48 Å². The Labute approximate surface area is 137 Å². The van der Waals surface area contributed by atoms with Crippen molar-refractivity contribution in [2.24, 2.45) is 18.4 Å². The molecule has 4 rings (SSSR count). The van der Waals surface area contributed by atoms with E-state index in [0.717, 1.165) is 63.8 Å². The molecule has 0 saturated carbocycles. The number of aryl methyl sites for hydroxylation is 1. The van der Waals surface area contributed by atoms with Crippen LogP contribution < -0.4 is 4.90 Å². The van der Waals surface area contributed by atoms with Crippen molar-refractivity contribution in [2.75, 3.05) is 44.3 Å². The predicted octanol–water partition coefficient (Wildman–Crippen LogP) is 1.28. The Balaban J connectivity index is 1.40. The maximum absolute atomic E-state index is 13.0. The van der Waals surface area contributed by atoms with Gasteiger partial charge in [0.2, 0.25) is 5.91 Å². The van der Waals surface area contributed by atoms with E-state index in [-0.39, 0.29) is 5.41 Å². The molecule has 1 atom stereocenters. The average molecular weight is 318 g/mol. The Morgan fingerprint density at radius 1 is 1.30 bits per heavy atom. The summed E-state index contributed by atoms with van der Waals surface area (Å²) >= 11 is 0. The highest BCUT2D eigenvalue weighted by Crippen LogP contribution is 2.42. The van der Waals surface area contributed by atoms with Gasteiger partial charge in [0, 0.05) is 46.1 Å². The predicted molar refractivity (Wildman–Crippen MR) is 87.2 cm³/mol. The van der Waals surface area contributed by atoms with E-state index in [2.05, 4.69) is 10.00 Å². The van der Waals surface area contributed by atoms with Crippen LogP contribution in [0.2, 0.25) is 0 Å². The first kappa shape index (κ1) is 15.1. The fourth-order valence-corrected chi connectivity index (χ4v) is 4.40. The van der Waals surface area contributed by atoms with Gasteiger partial charge in [-0.1, -0.05) is 0 Å². The molecule has 0 aliphatic carbocycles. The average Bonchev–Trinajstić information content (AvgIpc) is 3.23. The summed E-state index contributed by atoms with van der Waals surface area (Å²) < 4.78 is 7.22. The molecule has 0 aromatic carbocycles. The van der Waals surface area contributed by atoms with Gasteiger partial charge in [-0.2, -0.15) is 5.10 Å². The Bertz CT molecular complexity index is 581.